The van der Waals surface area contributed by atoms with Crippen molar-refractivity contribution in [2.45, 2.75) is 24.5 Å². The van der Waals surface area contributed by atoms with E-state index in [-0.39, 0.29) is 4.90 Å². The van der Waals surface area contributed by atoms with Crippen molar-refractivity contribution in [2.75, 3.05) is 4.90 Å². The zero-order chi connectivity index (χ0) is 88.5. The van der Waals surface area contributed by atoms with Gasteiger partial charge in [0.05, 0.1) is 64.4 Å². The van der Waals surface area contributed by atoms with E-state index in [1.165, 1.54) is 0 Å². The minimum Gasteiger partial charge on any atom is -0.310 e. The maximum Gasteiger partial charge on any atom is 0.0714 e. The normalized spacial score (nSPS) is 24.0. The highest BCUT2D eigenvalue weighted by atomic mass is 15.1. The minimum absolute atomic E-state index is 0.0829. The highest BCUT2D eigenvalue weighted by molar-refractivity contribution is 6.04. The molecule has 326 valence electrons. The van der Waals surface area contributed by atoms with Crippen LogP contribution in [0.3, 0.4) is 0 Å². The fraction of sp³-hybridized carbons (Fsp3) is 0.0588. The van der Waals surface area contributed by atoms with E-state index in [0.29, 0.717) is 0 Å². The van der Waals surface area contributed by atoms with Crippen LogP contribution in [0.4, 0.5) is 17.1 Å². The third-order valence-electron chi connectivity index (χ3n) is 11.4. The van der Waals surface area contributed by atoms with Gasteiger partial charge >= 0.3 is 0 Å². The van der Waals surface area contributed by atoms with Crippen molar-refractivity contribution in [3.05, 3.63) is 293 Å². The Balaban J connectivity index is 1.31. The first-order valence-corrected chi connectivity index (χ1v) is 20.2. The van der Waals surface area contributed by atoms with Gasteiger partial charge in [0.25, 0.3) is 0 Å². The summed E-state index contributed by atoms with van der Waals surface area (Å²) < 4.78 is 462. The molecule has 0 atom stereocenters. The van der Waals surface area contributed by atoms with Crippen LogP contribution in [0.15, 0.2) is 260 Å². The van der Waals surface area contributed by atoms with E-state index in [2.05, 4.69) is 0 Å². The lowest BCUT2D eigenvalue weighted by atomic mass is 9.67. The monoisotopic (exact) mass is 929 g/mol. The molecule has 0 unspecified atom stereocenters. The van der Waals surface area contributed by atoms with E-state index in [1.54, 1.807) is 0 Å². The van der Waals surface area contributed by atoms with Crippen molar-refractivity contribution in [3.8, 4) is 55.6 Å². The molecule has 69 heavy (non-hydrogen) atoms. The van der Waals surface area contributed by atoms with Crippen molar-refractivity contribution < 1.29 is 67.2 Å². The summed E-state index contributed by atoms with van der Waals surface area (Å²) in [6.07, 6.45) is 0. The average molecular weight is 929 g/mol. The molecule has 0 aliphatic heterocycles. The van der Waals surface area contributed by atoms with Crippen LogP contribution in [-0.4, -0.2) is 0 Å². The zero-order valence-electron chi connectivity index (χ0n) is 83.4. The maximum absolute atomic E-state index is 11.0. The summed E-state index contributed by atoms with van der Waals surface area (Å²) >= 11 is 0. The molecule has 1 heteroatoms. The number of hydrogen-bond donors (Lipinski definition) is 0. The van der Waals surface area contributed by atoms with E-state index < -0.39 is 401 Å². The third-order valence-corrected chi connectivity index (χ3v) is 11.4. The number of nitrogens with zero attached hydrogens (tertiary/aromatic N) is 1. The Labute approximate surface area is 474 Å². The molecule has 11 aromatic carbocycles. The van der Waals surface area contributed by atoms with Crippen molar-refractivity contribution >= 4 is 27.8 Å². The number of benzene rings is 11. The zero-order valence-corrected chi connectivity index (χ0v) is 34.4. The summed E-state index contributed by atoms with van der Waals surface area (Å²) in [6, 6.07) is -59.5. The molecule has 13 rings (SSSR count). The Kier molecular flexibility index (Phi) is 3.38. The van der Waals surface area contributed by atoms with Crippen LogP contribution in [0.5, 0.6) is 0 Å². The second-order valence-corrected chi connectivity index (χ2v) is 15.0. The molecule has 0 saturated heterocycles. The summed E-state index contributed by atoms with van der Waals surface area (Å²) in [6.45, 7) is -8.59. The fourth-order valence-electron chi connectivity index (χ4n) is 8.43. The lowest BCUT2D eigenvalue weighted by molar-refractivity contribution is 0.660. The number of hydrogen-bond acceptors (Lipinski definition) is 1. The first-order valence-electron chi connectivity index (χ1n) is 44.7. The second kappa shape index (κ2) is 16.1. The quantitative estimate of drug-likeness (QED) is 0.147. The molecule has 0 amide bonds. The molecule has 2 aliphatic rings. The molecule has 0 aromatic heterocycles. The van der Waals surface area contributed by atoms with Crippen LogP contribution in [0.1, 0.15) is 114 Å². The van der Waals surface area contributed by atoms with E-state index >= 15 is 0 Å². The Morgan fingerprint density at radius 2 is 0.797 bits per heavy atom. The standard InChI is InChI=1S/C68H49N/c1-67(2)62-28-16-14-26-58(62)60-42-39-54(44-64(60)67)69(55-40-43-61-59-27-15-17-29-63(59)68(65(61)45-55,51-21-8-4-9-22-51)52-23-10-5-11-24-52)53-37-34-49(35-38-53)57-41-36-48-20-12-13-25-56(48)66(57)50-32-30-47(31-33-50)46-18-6-3-7-19-46/h3-45H,1-2H3/i1D3,2D3,3D,4D,5D,6D,7D,8D,9D,10D,11D,12D,13D,14D,15D,16D,17D,18D,19D,20D,21D,22D,23D,24D,25D,26D,27D,28D,29D,30D,31D,32D,33D,34D,35D,36D,37D,38D,39D,40D,41D,42D,43D,44D,45D. The van der Waals surface area contributed by atoms with Gasteiger partial charge in [0.15, 0.2) is 0 Å². The van der Waals surface area contributed by atoms with Crippen molar-refractivity contribution in [2.24, 2.45) is 0 Å². The molecule has 11 aromatic rings. The predicted octanol–water partition coefficient (Wildman–Crippen LogP) is 18.0. The summed E-state index contributed by atoms with van der Waals surface area (Å²) in [5, 5.41) is -2.02. The Bertz CT molecular complexity index is 6340. The molecule has 0 saturated carbocycles. The molecule has 2 aliphatic carbocycles. The molecule has 0 bridgehead atoms. The van der Waals surface area contributed by atoms with Crippen molar-refractivity contribution in [3.63, 3.8) is 0 Å². The van der Waals surface area contributed by atoms with Crippen LogP contribution < -0.4 is 4.90 Å². The Hall–Kier alpha value is -8.52. The van der Waals surface area contributed by atoms with Gasteiger partial charge in [-0.1, -0.05) is 237 Å². The van der Waals surface area contributed by atoms with Gasteiger partial charge in [-0.25, -0.2) is 0 Å². The van der Waals surface area contributed by atoms with Crippen LogP contribution in [0.25, 0.3) is 66.4 Å². The Morgan fingerprint density at radius 1 is 0.333 bits per heavy atom. The molecular formula is C68H49N. The first-order chi connectivity index (χ1) is 54.4. The van der Waals surface area contributed by atoms with E-state index in [0.717, 1.165) is 0 Å². The van der Waals surface area contributed by atoms with Crippen LogP contribution in [-0.2, 0) is 10.8 Å². The molecular weight excluding hydrogens is 831 g/mol. The van der Waals surface area contributed by atoms with E-state index in [4.69, 9.17) is 23.3 Å². The number of anilines is 3. The van der Waals surface area contributed by atoms with Gasteiger partial charge in [0.2, 0.25) is 0 Å². The Morgan fingerprint density at radius 3 is 1.46 bits per heavy atom. The SMILES string of the molecule is [2H]c1c([2H])c([2H])c(-c2c([2H])c([2H])c(-c3c(-c4c([2H])c([2H])c(N(c5c([2H])c([2H])c6c(c5[2H])C(c5c([2H])c([2H])c([2H])c([2H])c5[2H])(c5c([2H])c([2H])c([2H])c([2H])c5[2H])c5c([2H])c([2H])c([2H])c([2H])c5-6)c5c([2H])c([2H])c6c(c5[2H])C(C([2H])([2H])[2H])(C([2H])([2H])[2H])c5c([2H])c([2H])c([2H])c([2H])c5-6)c([2H])c4[2H])c([2H])c([2H])c4c([2H])c([2H])c([2H])c([2H])c34)c([2H])c2[2H])c([2H])c1[2H]. The second-order valence-electron chi connectivity index (χ2n) is 15.0. The van der Waals surface area contributed by atoms with Gasteiger partial charge < -0.3 is 4.90 Å². The predicted molar refractivity (Wildman–Crippen MR) is 290 cm³/mol. The minimum atomic E-state index is -4.29. The molecule has 0 fully saturated rings. The summed E-state index contributed by atoms with van der Waals surface area (Å²) in [4.78, 5) is -0.0829. The highest BCUT2D eigenvalue weighted by Crippen LogP contribution is 2.58. The van der Waals surface area contributed by atoms with Crippen molar-refractivity contribution in [1.29, 1.82) is 0 Å². The smallest absolute Gasteiger partial charge is 0.0714 e. The summed E-state index contributed by atoms with van der Waals surface area (Å²) in [5.74, 6) is 0. The van der Waals surface area contributed by atoms with Crippen molar-refractivity contribution in [1.82, 2.24) is 0 Å². The molecule has 1 nitrogen and oxygen atoms in total. The third kappa shape index (κ3) is 6.38. The lowest BCUT2D eigenvalue weighted by Gasteiger charge is -2.35. The van der Waals surface area contributed by atoms with Gasteiger partial charge in [0, 0.05) is 30.7 Å². The van der Waals surface area contributed by atoms with Crippen LogP contribution in [0.2, 0.25) is 0 Å². The van der Waals surface area contributed by atoms with Gasteiger partial charge in [-0.2, -0.15) is 0 Å². The molecule has 0 heterocycles. The number of rotatable bonds is 8. The largest absolute Gasteiger partial charge is 0.310 e. The average Bonchev–Trinajstić information content (AvgIpc) is 1.49. The fourth-order valence-corrected chi connectivity index (χ4v) is 8.43. The topological polar surface area (TPSA) is 3.24 Å². The van der Waals surface area contributed by atoms with Crippen LogP contribution in [0, 0.1) is 0 Å². The highest BCUT2D eigenvalue weighted by Gasteiger charge is 2.46. The van der Waals surface area contributed by atoms with E-state index in [9.17, 15) is 43.9 Å². The van der Waals surface area contributed by atoms with Gasteiger partial charge in [-0.05, 0) is 136 Å². The maximum atomic E-state index is 11.0. The van der Waals surface area contributed by atoms with E-state index in [1.807, 2.05) is 0 Å². The first kappa shape index (κ1) is 14.5. The molecule has 0 radical (unpaired) electrons. The number of fused-ring (bicyclic) bond motifs is 7. The summed E-state index contributed by atoms with van der Waals surface area (Å²) in [5.41, 5.74) is -33.1. The van der Waals surface area contributed by atoms with Crippen LogP contribution >= 0.6 is 0 Å². The van der Waals surface area contributed by atoms with Gasteiger partial charge in [-0.15, -0.1) is 0 Å². The lowest BCUT2D eigenvalue weighted by Crippen LogP contribution is -2.28. The van der Waals surface area contributed by atoms with Gasteiger partial charge in [-0.3, -0.25) is 0 Å². The van der Waals surface area contributed by atoms with Gasteiger partial charge in [0.1, 0.15) is 0 Å². The summed E-state index contributed by atoms with van der Waals surface area (Å²) in [7, 11) is 0. The molecule has 0 spiro atoms. The molecule has 0 N–H and O–H groups in total.